The third-order valence-electron chi connectivity index (χ3n) is 2.94. The zero-order valence-corrected chi connectivity index (χ0v) is 12.4. The average molecular weight is 326 g/mol. The minimum Gasteiger partial charge on any atom is -0.330 e. The van der Waals surface area contributed by atoms with Gasteiger partial charge in [0.15, 0.2) is 0 Å². The van der Waals surface area contributed by atoms with E-state index in [0.717, 1.165) is 13.1 Å². The Bertz CT molecular complexity index is 319. The molecule has 0 radical (unpaired) electrons. The van der Waals surface area contributed by atoms with Gasteiger partial charge in [-0.15, -0.1) is 23.7 Å². The Hall–Kier alpha value is 0.390. The SMILES string of the molecule is Cl.NCC1CCCN(Cc2ccc(Br)s2)C1. The van der Waals surface area contributed by atoms with Gasteiger partial charge in [-0.3, -0.25) is 4.90 Å². The van der Waals surface area contributed by atoms with E-state index in [1.165, 1.54) is 34.6 Å². The first-order valence-electron chi connectivity index (χ1n) is 5.44. The second-order valence-electron chi connectivity index (χ2n) is 4.18. The molecule has 0 aliphatic carbocycles. The second kappa shape index (κ2) is 6.97. The number of thiophene rings is 1. The summed E-state index contributed by atoms with van der Waals surface area (Å²) in [6, 6.07) is 4.34. The fraction of sp³-hybridized carbons (Fsp3) is 0.636. The van der Waals surface area contributed by atoms with Crippen LogP contribution in [0.1, 0.15) is 17.7 Å². The number of hydrogen-bond acceptors (Lipinski definition) is 3. The Labute approximate surface area is 116 Å². The predicted molar refractivity (Wildman–Crippen MR) is 76.3 cm³/mol. The molecule has 16 heavy (non-hydrogen) atoms. The Morgan fingerprint density at radius 2 is 2.31 bits per heavy atom. The molecule has 2 N–H and O–H groups in total. The summed E-state index contributed by atoms with van der Waals surface area (Å²) >= 11 is 5.34. The lowest BCUT2D eigenvalue weighted by molar-refractivity contribution is 0.172. The average Bonchev–Trinajstić information content (AvgIpc) is 2.64. The number of rotatable bonds is 3. The summed E-state index contributed by atoms with van der Waals surface area (Å²) in [7, 11) is 0. The van der Waals surface area contributed by atoms with Crippen molar-refractivity contribution in [2.45, 2.75) is 19.4 Å². The molecule has 2 rings (SSSR count). The minimum atomic E-state index is 0. The molecule has 1 aliphatic heterocycles. The van der Waals surface area contributed by atoms with Gasteiger partial charge in [0.2, 0.25) is 0 Å². The second-order valence-corrected chi connectivity index (χ2v) is 6.73. The maximum Gasteiger partial charge on any atom is 0.0701 e. The summed E-state index contributed by atoms with van der Waals surface area (Å²) in [6.45, 7) is 4.33. The third-order valence-corrected chi connectivity index (χ3v) is 4.55. The Kier molecular flexibility index (Phi) is 6.29. The van der Waals surface area contributed by atoms with Crippen molar-refractivity contribution in [3.8, 4) is 0 Å². The maximum absolute atomic E-state index is 5.73. The zero-order chi connectivity index (χ0) is 10.7. The molecule has 1 saturated heterocycles. The zero-order valence-electron chi connectivity index (χ0n) is 9.19. The molecule has 1 aliphatic rings. The molecule has 1 atom stereocenters. The van der Waals surface area contributed by atoms with Crippen molar-refractivity contribution in [1.29, 1.82) is 0 Å². The van der Waals surface area contributed by atoms with Crippen molar-refractivity contribution in [2.75, 3.05) is 19.6 Å². The van der Waals surface area contributed by atoms with Crippen LogP contribution >= 0.6 is 39.7 Å². The van der Waals surface area contributed by atoms with Crippen LogP contribution in [-0.2, 0) is 6.54 Å². The lowest BCUT2D eigenvalue weighted by atomic mass is 9.98. The van der Waals surface area contributed by atoms with Gasteiger partial charge in [0.1, 0.15) is 0 Å². The highest BCUT2D eigenvalue weighted by Gasteiger charge is 2.18. The molecule has 2 nitrogen and oxygen atoms in total. The minimum absolute atomic E-state index is 0. The quantitative estimate of drug-likeness (QED) is 0.925. The molecule has 0 amide bonds. The Balaban J connectivity index is 0.00000128. The van der Waals surface area contributed by atoms with Gasteiger partial charge in [0.05, 0.1) is 3.79 Å². The Morgan fingerprint density at radius 1 is 1.50 bits per heavy atom. The fourth-order valence-electron chi connectivity index (χ4n) is 2.14. The van der Waals surface area contributed by atoms with Crippen molar-refractivity contribution >= 4 is 39.7 Å². The molecule has 5 heteroatoms. The largest absolute Gasteiger partial charge is 0.330 e. The van der Waals surface area contributed by atoms with Gasteiger partial charge in [-0.25, -0.2) is 0 Å². The topological polar surface area (TPSA) is 29.3 Å². The molecule has 1 aromatic rings. The van der Waals surface area contributed by atoms with Gasteiger partial charge in [0.25, 0.3) is 0 Å². The third kappa shape index (κ3) is 4.00. The smallest absolute Gasteiger partial charge is 0.0701 e. The van der Waals surface area contributed by atoms with Crippen LogP contribution in [0.2, 0.25) is 0 Å². The molecule has 2 heterocycles. The van der Waals surface area contributed by atoms with Crippen molar-refractivity contribution in [2.24, 2.45) is 11.7 Å². The van der Waals surface area contributed by atoms with Gasteiger partial charge in [-0.1, -0.05) is 0 Å². The van der Waals surface area contributed by atoms with Crippen LogP contribution in [0.25, 0.3) is 0 Å². The number of likely N-dealkylation sites (tertiary alicyclic amines) is 1. The van der Waals surface area contributed by atoms with Crippen LogP contribution in [0.4, 0.5) is 0 Å². The summed E-state index contributed by atoms with van der Waals surface area (Å²) in [6.07, 6.45) is 2.61. The van der Waals surface area contributed by atoms with E-state index in [-0.39, 0.29) is 12.4 Å². The molecule has 0 spiro atoms. The number of halogens is 2. The van der Waals surface area contributed by atoms with Crippen LogP contribution in [0.3, 0.4) is 0 Å². The highest BCUT2D eigenvalue weighted by atomic mass is 79.9. The van der Waals surface area contributed by atoms with Crippen LogP contribution in [0, 0.1) is 5.92 Å². The highest BCUT2D eigenvalue weighted by molar-refractivity contribution is 9.11. The van der Waals surface area contributed by atoms with Crippen LogP contribution < -0.4 is 5.73 Å². The maximum atomic E-state index is 5.73. The van der Waals surface area contributed by atoms with Crippen LogP contribution in [0.5, 0.6) is 0 Å². The molecule has 1 fully saturated rings. The number of hydrogen-bond donors (Lipinski definition) is 1. The molecule has 1 aromatic heterocycles. The standard InChI is InChI=1S/C11H17BrN2S.ClH/c12-11-4-3-10(15-11)8-14-5-1-2-9(6-13)7-14;/h3-4,9H,1-2,5-8,13H2;1H. The first-order chi connectivity index (χ1) is 7.28. The molecular weight excluding hydrogens is 308 g/mol. The lowest BCUT2D eigenvalue weighted by Crippen LogP contribution is -2.37. The van der Waals surface area contributed by atoms with E-state index in [9.17, 15) is 0 Å². The monoisotopic (exact) mass is 324 g/mol. The van der Waals surface area contributed by atoms with Crippen molar-refractivity contribution in [1.82, 2.24) is 4.90 Å². The van der Waals surface area contributed by atoms with E-state index < -0.39 is 0 Å². The fourth-order valence-corrected chi connectivity index (χ4v) is 3.67. The van der Waals surface area contributed by atoms with Crippen LogP contribution in [-0.4, -0.2) is 24.5 Å². The molecular formula is C11H18BrClN2S. The van der Waals surface area contributed by atoms with Crippen LogP contribution in [0.15, 0.2) is 15.9 Å². The summed E-state index contributed by atoms with van der Waals surface area (Å²) in [5.74, 6) is 0.710. The molecule has 0 bridgehead atoms. The van der Waals surface area contributed by atoms with Gasteiger partial charge in [-0.2, -0.15) is 0 Å². The normalized spacial score (nSPS) is 21.8. The van der Waals surface area contributed by atoms with Crippen molar-refractivity contribution in [3.05, 3.63) is 20.8 Å². The molecule has 1 unspecified atom stereocenters. The number of nitrogens with two attached hydrogens (primary N) is 1. The number of nitrogens with zero attached hydrogens (tertiary/aromatic N) is 1. The summed E-state index contributed by atoms with van der Waals surface area (Å²) in [4.78, 5) is 3.97. The van der Waals surface area contributed by atoms with E-state index in [0.29, 0.717) is 5.92 Å². The van der Waals surface area contributed by atoms with Gasteiger partial charge in [0, 0.05) is 18.0 Å². The Morgan fingerprint density at radius 3 is 2.94 bits per heavy atom. The van der Waals surface area contributed by atoms with E-state index in [4.69, 9.17) is 5.73 Å². The van der Waals surface area contributed by atoms with Crippen molar-refractivity contribution in [3.63, 3.8) is 0 Å². The molecule has 0 aromatic carbocycles. The van der Waals surface area contributed by atoms with E-state index in [1.807, 2.05) is 11.3 Å². The van der Waals surface area contributed by atoms with Crippen molar-refractivity contribution < 1.29 is 0 Å². The van der Waals surface area contributed by atoms with E-state index in [1.54, 1.807) is 0 Å². The highest BCUT2D eigenvalue weighted by Crippen LogP contribution is 2.25. The summed E-state index contributed by atoms with van der Waals surface area (Å²) < 4.78 is 1.23. The van der Waals surface area contributed by atoms with Gasteiger partial charge < -0.3 is 5.73 Å². The van der Waals surface area contributed by atoms with E-state index in [2.05, 4.69) is 33.0 Å². The summed E-state index contributed by atoms with van der Waals surface area (Å²) in [5, 5.41) is 0. The van der Waals surface area contributed by atoms with Gasteiger partial charge in [-0.05, 0) is 59.9 Å². The molecule has 92 valence electrons. The van der Waals surface area contributed by atoms with E-state index >= 15 is 0 Å². The number of piperidine rings is 1. The summed E-state index contributed by atoms with van der Waals surface area (Å²) in [5.41, 5.74) is 5.73. The first-order valence-corrected chi connectivity index (χ1v) is 7.05. The van der Waals surface area contributed by atoms with Gasteiger partial charge >= 0.3 is 0 Å². The predicted octanol–water partition coefficient (Wildman–Crippen LogP) is 3.10. The molecule has 0 saturated carbocycles. The first kappa shape index (κ1) is 14.5. The lowest BCUT2D eigenvalue weighted by Gasteiger charge is -2.31.